The van der Waals surface area contributed by atoms with E-state index in [1.807, 2.05) is 0 Å². The van der Waals surface area contributed by atoms with Gasteiger partial charge in [0.15, 0.2) is 0 Å². The summed E-state index contributed by atoms with van der Waals surface area (Å²) in [6.45, 7) is 2.45. The summed E-state index contributed by atoms with van der Waals surface area (Å²) in [6, 6.07) is 8.15. The number of ether oxygens (including phenoxy) is 2. The Morgan fingerprint density at radius 1 is 1.19 bits per heavy atom. The molecule has 0 spiro atoms. The first-order chi connectivity index (χ1) is 12.8. The van der Waals surface area contributed by atoms with Crippen molar-refractivity contribution in [1.82, 2.24) is 4.98 Å². The molecule has 1 aromatic carbocycles. The summed E-state index contributed by atoms with van der Waals surface area (Å²) >= 11 is 0. The Morgan fingerprint density at radius 3 is 2.52 bits per heavy atom. The van der Waals surface area contributed by atoms with Gasteiger partial charge in [-0.2, -0.15) is 13.2 Å². The number of nitrogens with one attached hydrogen (secondary N) is 1. The van der Waals surface area contributed by atoms with Crippen LogP contribution in [0.2, 0.25) is 0 Å². The summed E-state index contributed by atoms with van der Waals surface area (Å²) in [7, 11) is 1.55. The third-order valence-corrected chi connectivity index (χ3v) is 3.87. The van der Waals surface area contributed by atoms with Crippen molar-refractivity contribution < 1.29 is 27.4 Å². The zero-order valence-electron chi connectivity index (χ0n) is 15.0. The van der Waals surface area contributed by atoms with Gasteiger partial charge in [0.25, 0.3) is 0 Å². The van der Waals surface area contributed by atoms with E-state index < -0.39 is 11.7 Å². The third-order valence-electron chi connectivity index (χ3n) is 3.87. The second kappa shape index (κ2) is 9.36. The third kappa shape index (κ3) is 6.25. The molecule has 1 heterocycles. The normalized spacial score (nSPS) is 12.5. The van der Waals surface area contributed by atoms with Crippen molar-refractivity contribution in [3.63, 3.8) is 0 Å². The maximum atomic E-state index is 12.6. The van der Waals surface area contributed by atoms with E-state index >= 15 is 0 Å². The number of amides is 1. The standard InChI is InChI=1S/C19H21F3N2O3/c1-13(14-5-7-15(8-6-14)19(20,21)22)12-17(25)24-16-4-3-9-23-18(16)27-11-10-26-2/h3-9,13H,10-12H2,1-2H3,(H,24,25). The Labute approximate surface area is 155 Å². The molecule has 0 saturated heterocycles. The van der Waals surface area contributed by atoms with Gasteiger partial charge >= 0.3 is 6.18 Å². The van der Waals surface area contributed by atoms with E-state index in [1.54, 1.807) is 32.4 Å². The van der Waals surface area contributed by atoms with Gasteiger partial charge < -0.3 is 14.8 Å². The fraction of sp³-hybridized carbons (Fsp3) is 0.368. The van der Waals surface area contributed by atoms with Gasteiger partial charge in [-0.05, 0) is 35.7 Å². The van der Waals surface area contributed by atoms with Gasteiger partial charge in [-0.25, -0.2) is 4.98 Å². The number of hydrogen-bond acceptors (Lipinski definition) is 4. The Kier molecular flexibility index (Phi) is 7.18. The van der Waals surface area contributed by atoms with Crippen molar-refractivity contribution in [2.24, 2.45) is 0 Å². The minimum absolute atomic E-state index is 0.109. The first kappa shape index (κ1) is 20.7. The minimum atomic E-state index is -4.38. The van der Waals surface area contributed by atoms with Crippen LogP contribution in [0.1, 0.15) is 30.4 Å². The molecular weight excluding hydrogens is 361 g/mol. The Balaban J connectivity index is 1.97. The number of nitrogens with zero attached hydrogens (tertiary/aromatic N) is 1. The summed E-state index contributed by atoms with van der Waals surface area (Å²) in [5, 5.41) is 2.73. The molecule has 1 amide bonds. The molecule has 1 unspecified atom stereocenters. The minimum Gasteiger partial charge on any atom is -0.474 e. The molecule has 27 heavy (non-hydrogen) atoms. The first-order valence-electron chi connectivity index (χ1n) is 8.35. The molecule has 8 heteroatoms. The monoisotopic (exact) mass is 382 g/mol. The molecule has 0 radical (unpaired) electrons. The number of carbonyl (C=O) groups is 1. The van der Waals surface area contributed by atoms with Crippen LogP contribution in [0.15, 0.2) is 42.6 Å². The lowest BCUT2D eigenvalue weighted by atomic mass is 9.96. The summed E-state index contributed by atoms with van der Waals surface area (Å²) in [5.74, 6) is -0.251. The molecule has 2 aromatic rings. The molecule has 1 aromatic heterocycles. The SMILES string of the molecule is COCCOc1ncccc1NC(=O)CC(C)c1ccc(C(F)(F)F)cc1. The lowest BCUT2D eigenvalue weighted by Gasteiger charge is -2.15. The molecular formula is C19H21F3N2O3. The van der Waals surface area contributed by atoms with Crippen molar-refractivity contribution in [3.05, 3.63) is 53.7 Å². The number of hydrogen-bond donors (Lipinski definition) is 1. The molecule has 0 bridgehead atoms. The molecule has 0 aliphatic heterocycles. The number of rotatable bonds is 8. The predicted molar refractivity (Wildman–Crippen MR) is 94.7 cm³/mol. The number of pyridine rings is 1. The van der Waals surface area contributed by atoms with Crippen molar-refractivity contribution in [2.45, 2.75) is 25.4 Å². The first-order valence-corrected chi connectivity index (χ1v) is 8.35. The van der Waals surface area contributed by atoms with Gasteiger partial charge in [0.1, 0.15) is 12.3 Å². The summed E-state index contributed by atoms with van der Waals surface area (Å²) in [4.78, 5) is 16.4. The van der Waals surface area contributed by atoms with Crippen LogP contribution in [0.5, 0.6) is 5.88 Å². The van der Waals surface area contributed by atoms with Crippen molar-refractivity contribution in [1.29, 1.82) is 0 Å². The maximum absolute atomic E-state index is 12.6. The lowest BCUT2D eigenvalue weighted by Crippen LogP contribution is -2.16. The molecule has 0 aliphatic rings. The molecule has 0 fully saturated rings. The second-order valence-electron chi connectivity index (χ2n) is 5.97. The number of methoxy groups -OCH3 is 1. The maximum Gasteiger partial charge on any atom is 0.416 e. The number of halogens is 3. The quantitative estimate of drug-likeness (QED) is 0.693. The van der Waals surface area contributed by atoms with Crippen LogP contribution in [0.25, 0.3) is 0 Å². The van der Waals surface area contributed by atoms with Crippen LogP contribution in [0.4, 0.5) is 18.9 Å². The fourth-order valence-corrected chi connectivity index (χ4v) is 2.42. The highest BCUT2D eigenvalue weighted by Gasteiger charge is 2.30. The largest absolute Gasteiger partial charge is 0.474 e. The average Bonchev–Trinajstić information content (AvgIpc) is 2.62. The van der Waals surface area contributed by atoms with E-state index in [1.165, 1.54) is 12.1 Å². The van der Waals surface area contributed by atoms with E-state index in [4.69, 9.17) is 9.47 Å². The highest BCUT2D eigenvalue weighted by molar-refractivity contribution is 5.92. The summed E-state index contributed by atoms with van der Waals surface area (Å²) in [5.41, 5.74) is 0.371. The van der Waals surface area contributed by atoms with Crippen LogP contribution >= 0.6 is 0 Å². The zero-order chi connectivity index (χ0) is 19.9. The van der Waals surface area contributed by atoms with Gasteiger partial charge in [0.2, 0.25) is 11.8 Å². The van der Waals surface area contributed by atoms with Crippen LogP contribution in [0.3, 0.4) is 0 Å². The molecule has 1 atom stereocenters. The van der Waals surface area contributed by atoms with Crippen LogP contribution in [-0.4, -0.2) is 31.2 Å². The van der Waals surface area contributed by atoms with E-state index in [9.17, 15) is 18.0 Å². The van der Waals surface area contributed by atoms with Crippen molar-refractivity contribution >= 4 is 11.6 Å². The molecule has 146 valence electrons. The molecule has 5 nitrogen and oxygen atoms in total. The summed E-state index contributed by atoms with van der Waals surface area (Å²) in [6.07, 6.45) is -2.72. The van der Waals surface area contributed by atoms with Crippen LogP contribution in [-0.2, 0) is 15.7 Å². The van der Waals surface area contributed by atoms with Crippen molar-refractivity contribution in [3.8, 4) is 5.88 Å². The lowest BCUT2D eigenvalue weighted by molar-refractivity contribution is -0.137. The van der Waals surface area contributed by atoms with E-state index in [0.29, 0.717) is 24.5 Å². The Morgan fingerprint density at radius 2 is 1.89 bits per heavy atom. The Bertz CT molecular complexity index is 749. The molecule has 2 rings (SSSR count). The fourth-order valence-electron chi connectivity index (χ4n) is 2.42. The van der Waals surface area contributed by atoms with Crippen molar-refractivity contribution in [2.75, 3.05) is 25.6 Å². The smallest absolute Gasteiger partial charge is 0.416 e. The average molecular weight is 382 g/mol. The van der Waals surface area contributed by atoms with Gasteiger partial charge in [-0.1, -0.05) is 19.1 Å². The number of carbonyl (C=O) groups excluding carboxylic acids is 1. The van der Waals surface area contributed by atoms with Crippen LogP contribution < -0.4 is 10.1 Å². The van der Waals surface area contributed by atoms with Gasteiger partial charge in [0, 0.05) is 19.7 Å². The molecule has 0 saturated carbocycles. The molecule has 1 N–H and O–H groups in total. The number of anilines is 1. The predicted octanol–water partition coefficient (Wildman–Crippen LogP) is 4.26. The topological polar surface area (TPSA) is 60.5 Å². The van der Waals surface area contributed by atoms with E-state index in [0.717, 1.165) is 12.1 Å². The molecule has 0 aliphatic carbocycles. The number of aromatic nitrogens is 1. The van der Waals surface area contributed by atoms with E-state index in [-0.39, 0.29) is 24.1 Å². The highest BCUT2D eigenvalue weighted by Crippen LogP contribution is 2.31. The summed E-state index contributed by atoms with van der Waals surface area (Å²) < 4.78 is 48.3. The van der Waals surface area contributed by atoms with Gasteiger partial charge in [-0.3, -0.25) is 4.79 Å². The number of benzene rings is 1. The Hall–Kier alpha value is -2.61. The van der Waals surface area contributed by atoms with Gasteiger partial charge in [0.05, 0.1) is 12.2 Å². The second-order valence-corrected chi connectivity index (χ2v) is 5.97. The van der Waals surface area contributed by atoms with E-state index in [2.05, 4.69) is 10.3 Å². The number of alkyl halides is 3. The zero-order valence-corrected chi connectivity index (χ0v) is 15.0. The van der Waals surface area contributed by atoms with Gasteiger partial charge in [-0.15, -0.1) is 0 Å². The van der Waals surface area contributed by atoms with Crippen LogP contribution in [0, 0.1) is 0 Å². The highest BCUT2D eigenvalue weighted by atomic mass is 19.4.